The third kappa shape index (κ3) is 4.83. The van der Waals surface area contributed by atoms with Crippen LogP contribution in [0.15, 0.2) is 60.7 Å². The van der Waals surface area contributed by atoms with Crippen LogP contribution in [0.25, 0.3) is 11.1 Å². The molecule has 3 aromatic rings. The van der Waals surface area contributed by atoms with Crippen molar-refractivity contribution in [2.24, 2.45) is 0 Å². The number of rotatable bonds is 5. The lowest BCUT2D eigenvalue weighted by atomic mass is 10.0. The van der Waals surface area contributed by atoms with Crippen molar-refractivity contribution in [1.29, 1.82) is 0 Å². The molecule has 2 aliphatic heterocycles. The minimum Gasteiger partial charge on any atom is -0.465 e. The largest absolute Gasteiger partial charge is 0.465 e. The third-order valence-corrected chi connectivity index (χ3v) is 6.18. The molecular formula is C27H25FN2O6. The average Bonchev–Trinajstić information content (AvgIpc) is 3.40. The van der Waals surface area contributed by atoms with Gasteiger partial charge in [0.2, 0.25) is 6.79 Å². The Bertz CT molecular complexity index is 1290. The van der Waals surface area contributed by atoms with Crippen molar-refractivity contribution in [3.8, 4) is 22.6 Å². The molecule has 2 aliphatic rings. The van der Waals surface area contributed by atoms with Crippen molar-refractivity contribution in [1.82, 2.24) is 4.90 Å². The van der Waals surface area contributed by atoms with Crippen LogP contribution in [-0.2, 0) is 16.0 Å². The van der Waals surface area contributed by atoms with Crippen LogP contribution in [0.5, 0.6) is 11.5 Å². The maximum Gasteiger partial charge on any atom is 0.337 e. The van der Waals surface area contributed by atoms with Crippen molar-refractivity contribution in [2.45, 2.75) is 6.54 Å². The summed E-state index contributed by atoms with van der Waals surface area (Å²) in [5, 5.41) is 0. The molecule has 3 aromatic carbocycles. The standard InChI is InChI=1S/C27H25FN2O6/c1-33-26(31)20-5-6-21(23(28)14-20)16-30(27(32)29-9-11-34-12-10-29)22-4-2-3-18(13-22)19-7-8-24-25(15-19)36-17-35-24/h2-8,13-15H,9-12,16-17H2,1H3. The Balaban J connectivity index is 1.49. The predicted molar refractivity (Wildman–Crippen MR) is 130 cm³/mol. The zero-order valence-electron chi connectivity index (χ0n) is 19.7. The summed E-state index contributed by atoms with van der Waals surface area (Å²) in [5.74, 6) is 0.125. The van der Waals surface area contributed by atoms with Crippen molar-refractivity contribution in [2.75, 3.05) is 45.1 Å². The summed E-state index contributed by atoms with van der Waals surface area (Å²) < 4.78 is 36.0. The summed E-state index contributed by atoms with van der Waals surface area (Å²) in [6, 6.07) is 17.0. The molecule has 186 valence electrons. The summed E-state index contributed by atoms with van der Waals surface area (Å²) in [4.78, 5) is 28.6. The first-order valence-corrected chi connectivity index (χ1v) is 11.5. The molecule has 0 aromatic heterocycles. The number of amides is 2. The van der Waals surface area contributed by atoms with E-state index in [2.05, 4.69) is 4.74 Å². The van der Waals surface area contributed by atoms with Crippen LogP contribution < -0.4 is 14.4 Å². The van der Waals surface area contributed by atoms with Crippen LogP contribution in [-0.4, -0.2) is 57.1 Å². The number of methoxy groups -OCH3 is 1. The molecule has 0 atom stereocenters. The Morgan fingerprint density at radius 1 is 0.972 bits per heavy atom. The Kier molecular flexibility index (Phi) is 6.73. The second-order valence-electron chi connectivity index (χ2n) is 8.38. The minimum atomic E-state index is -0.627. The van der Waals surface area contributed by atoms with Crippen molar-refractivity contribution in [3.63, 3.8) is 0 Å². The summed E-state index contributed by atoms with van der Waals surface area (Å²) in [7, 11) is 1.24. The van der Waals surface area contributed by atoms with E-state index in [0.717, 1.165) is 17.2 Å². The molecule has 0 saturated carbocycles. The van der Waals surface area contributed by atoms with Crippen LogP contribution in [0.2, 0.25) is 0 Å². The number of morpholine rings is 1. The number of benzene rings is 3. The number of halogens is 1. The topological polar surface area (TPSA) is 77.5 Å². The second kappa shape index (κ2) is 10.2. The summed E-state index contributed by atoms with van der Waals surface area (Å²) in [6.07, 6.45) is 0. The first-order valence-electron chi connectivity index (χ1n) is 11.5. The minimum absolute atomic E-state index is 0.0198. The first kappa shape index (κ1) is 23.6. The SMILES string of the molecule is COC(=O)c1ccc(CN(C(=O)N2CCOCC2)c2cccc(-c3ccc4c(c3)OCO4)c2)c(F)c1. The Morgan fingerprint density at radius 2 is 1.75 bits per heavy atom. The molecular weight excluding hydrogens is 467 g/mol. The van der Waals surface area contributed by atoms with Crippen LogP contribution in [0.1, 0.15) is 15.9 Å². The van der Waals surface area contributed by atoms with Gasteiger partial charge in [0.15, 0.2) is 11.5 Å². The van der Waals surface area contributed by atoms with Gasteiger partial charge in [-0.3, -0.25) is 4.90 Å². The molecule has 0 radical (unpaired) electrons. The summed E-state index contributed by atoms with van der Waals surface area (Å²) >= 11 is 0. The maximum atomic E-state index is 15.0. The lowest BCUT2D eigenvalue weighted by Gasteiger charge is -2.33. The van der Waals surface area contributed by atoms with Crippen molar-refractivity contribution in [3.05, 3.63) is 77.6 Å². The number of carbonyl (C=O) groups is 2. The van der Waals surface area contributed by atoms with Crippen molar-refractivity contribution < 1.29 is 32.9 Å². The third-order valence-electron chi connectivity index (χ3n) is 6.18. The van der Waals surface area contributed by atoms with Gasteiger partial charge in [0.1, 0.15) is 5.82 Å². The quantitative estimate of drug-likeness (QED) is 0.490. The highest BCUT2D eigenvalue weighted by Gasteiger charge is 2.26. The average molecular weight is 493 g/mol. The van der Waals surface area contributed by atoms with E-state index in [0.29, 0.717) is 43.5 Å². The number of nitrogens with zero attached hydrogens (tertiary/aromatic N) is 2. The zero-order valence-corrected chi connectivity index (χ0v) is 19.7. The fourth-order valence-corrected chi connectivity index (χ4v) is 4.21. The van der Waals surface area contributed by atoms with E-state index in [4.69, 9.17) is 14.2 Å². The normalized spacial score (nSPS) is 14.4. The van der Waals surface area contributed by atoms with Crippen LogP contribution in [0.4, 0.5) is 14.9 Å². The maximum absolute atomic E-state index is 15.0. The molecule has 2 amide bonds. The molecule has 0 N–H and O–H groups in total. The summed E-state index contributed by atoms with van der Waals surface area (Å²) in [5.41, 5.74) is 2.76. The van der Waals surface area contributed by atoms with Gasteiger partial charge >= 0.3 is 12.0 Å². The van der Waals surface area contributed by atoms with Gasteiger partial charge in [-0.2, -0.15) is 0 Å². The Labute approximate surface area is 207 Å². The highest BCUT2D eigenvalue weighted by molar-refractivity contribution is 5.93. The number of hydrogen-bond donors (Lipinski definition) is 0. The fourth-order valence-electron chi connectivity index (χ4n) is 4.21. The number of urea groups is 1. The zero-order chi connectivity index (χ0) is 25.1. The number of ether oxygens (including phenoxy) is 4. The van der Waals surface area contributed by atoms with Gasteiger partial charge in [0.25, 0.3) is 0 Å². The number of anilines is 1. The van der Waals surface area contributed by atoms with E-state index in [-0.39, 0.29) is 30.5 Å². The van der Waals surface area contributed by atoms with E-state index in [9.17, 15) is 14.0 Å². The van der Waals surface area contributed by atoms with Gasteiger partial charge in [-0.1, -0.05) is 24.3 Å². The van der Waals surface area contributed by atoms with Crippen LogP contribution in [0.3, 0.4) is 0 Å². The number of hydrogen-bond acceptors (Lipinski definition) is 6. The lowest BCUT2D eigenvalue weighted by molar-refractivity contribution is 0.0548. The van der Waals surface area contributed by atoms with Gasteiger partial charge in [0, 0.05) is 24.3 Å². The van der Waals surface area contributed by atoms with Gasteiger partial charge in [-0.15, -0.1) is 0 Å². The highest BCUT2D eigenvalue weighted by Crippen LogP contribution is 2.37. The molecule has 36 heavy (non-hydrogen) atoms. The van der Waals surface area contributed by atoms with Crippen LogP contribution in [0, 0.1) is 5.82 Å². The van der Waals surface area contributed by atoms with E-state index in [1.165, 1.54) is 24.1 Å². The highest BCUT2D eigenvalue weighted by atomic mass is 19.1. The van der Waals surface area contributed by atoms with Gasteiger partial charge < -0.3 is 23.8 Å². The van der Waals surface area contributed by atoms with Crippen LogP contribution >= 0.6 is 0 Å². The molecule has 0 spiro atoms. The Hall–Kier alpha value is -4.11. The molecule has 2 heterocycles. The predicted octanol–water partition coefficient (Wildman–Crippen LogP) is 4.47. The van der Waals surface area contributed by atoms with E-state index in [1.807, 2.05) is 42.5 Å². The van der Waals surface area contributed by atoms with E-state index < -0.39 is 11.8 Å². The van der Waals surface area contributed by atoms with E-state index >= 15 is 0 Å². The molecule has 0 aliphatic carbocycles. The van der Waals surface area contributed by atoms with Crippen molar-refractivity contribution >= 4 is 17.7 Å². The Morgan fingerprint density at radius 3 is 2.53 bits per heavy atom. The number of fused-ring (bicyclic) bond motifs is 1. The molecule has 5 rings (SSSR count). The van der Waals surface area contributed by atoms with Gasteiger partial charge in [0.05, 0.1) is 32.4 Å². The molecule has 0 bridgehead atoms. The number of esters is 1. The van der Waals surface area contributed by atoms with Gasteiger partial charge in [-0.25, -0.2) is 14.0 Å². The lowest BCUT2D eigenvalue weighted by Crippen LogP contribution is -2.48. The monoisotopic (exact) mass is 492 g/mol. The summed E-state index contributed by atoms with van der Waals surface area (Å²) in [6.45, 7) is 1.94. The molecule has 1 fully saturated rings. The molecule has 9 heteroatoms. The second-order valence-corrected chi connectivity index (χ2v) is 8.38. The number of carbonyl (C=O) groups excluding carboxylic acids is 2. The van der Waals surface area contributed by atoms with E-state index in [1.54, 1.807) is 4.90 Å². The fraction of sp³-hybridized carbons (Fsp3) is 0.259. The molecule has 1 saturated heterocycles. The molecule has 0 unspecified atom stereocenters. The first-order chi connectivity index (χ1) is 17.5. The molecule has 8 nitrogen and oxygen atoms in total. The van der Waals surface area contributed by atoms with Gasteiger partial charge in [-0.05, 0) is 47.5 Å². The smallest absolute Gasteiger partial charge is 0.337 e.